The first-order valence-electron chi connectivity index (χ1n) is 7.38. The van der Waals surface area contributed by atoms with Gasteiger partial charge >= 0.3 is 0 Å². The average Bonchev–Trinajstić information content (AvgIpc) is 2.42. The number of nitrogens with one attached hydrogen (secondary N) is 1. The molecule has 4 heteroatoms. The molecule has 0 unspecified atom stereocenters. The molecule has 1 aliphatic heterocycles. The van der Waals surface area contributed by atoms with E-state index in [-0.39, 0.29) is 11.7 Å². The number of phenols is 1. The molecule has 20 heavy (non-hydrogen) atoms. The highest BCUT2D eigenvalue weighted by atomic mass is 16.3. The van der Waals surface area contributed by atoms with Crippen LogP contribution in [0.5, 0.6) is 5.75 Å². The highest BCUT2D eigenvalue weighted by Crippen LogP contribution is 2.23. The molecule has 110 valence electrons. The number of amides is 1. The molecule has 2 N–H and O–H groups in total. The fraction of sp³-hybridized carbons (Fsp3) is 0.562. The SMILES string of the molecule is CC(C)NCCCC(=O)N1CCc2ccc(O)cc2C1. The molecule has 0 radical (unpaired) electrons. The standard InChI is InChI=1S/C16H24N2O2/c1-12(2)17-8-3-4-16(20)18-9-7-13-5-6-15(19)10-14(13)11-18/h5-6,10,12,17,19H,3-4,7-9,11H2,1-2H3. The van der Waals surface area contributed by atoms with E-state index in [4.69, 9.17) is 0 Å². The van der Waals surface area contributed by atoms with E-state index in [9.17, 15) is 9.90 Å². The molecular formula is C16H24N2O2. The van der Waals surface area contributed by atoms with Gasteiger partial charge in [-0.2, -0.15) is 0 Å². The second-order valence-electron chi connectivity index (χ2n) is 5.73. The van der Waals surface area contributed by atoms with Crippen molar-refractivity contribution in [1.82, 2.24) is 10.2 Å². The number of rotatable bonds is 5. The summed E-state index contributed by atoms with van der Waals surface area (Å²) in [6.45, 7) is 6.51. The monoisotopic (exact) mass is 276 g/mol. The lowest BCUT2D eigenvalue weighted by Crippen LogP contribution is -2.36. The molecule has 1 aromatic rings. The molecule has 0 saturated heterocycles. The topological polar surface area (TPSA) is 52.6 Å². The molecule has 1 heterocycles. The van der Waals surface area contributed by atoms with Gasteiger partial charge in [-0.3, -0.25) is 4.79 Å². The van der Waals surface area contributed by atoms with Gasteiger partial charge in [0.15, 0.2) is 0 Å². The third-order valence-corrected chi connectivity index (χ3v) is 3.67. The highest BCUT2D eigenvalue weighted by molar-refractivity contribution is 5.76. The van der Waals surface area contributed by atoms with E-state index in [1.807, 2.05) is 11.0 Å². The Morgan fingerprint density at radius 3 is 2.95 bits per heavy atom. The van der Waals surface area contributed by atoms with Crippen molar-refractivity contribution in [1.29, 1.82) is 0 Å². The zero-order valence-electron chi connectivity index (χ0n) is 12.4. The van der Waals surface area contributed by atoms with E-state index in [1.165, 1.54) is 5.56 Å². The maximum absolute atomic E-state index is 12.2. The maximum Gasteiger partial charge on any atom is 0.222 e. The number of aromatic hydroxyl groups is 1. The third-order valence-electron chi connectivity index (χ3n) is 3.67. The molecule has 1 amide bonds. The van der Waals surface area contributed by atoms with Crippen LogP contribution in [-0.4, -0.2) is 35.0 Å². The van der Waals surface area contributed by atoms with Crippen LogP contribution >= 0.6 is 0 Å². The second kappa shape index (κ2) is 6.75. The molecule has 1 aliphatic rings. The van der Waals surface area contributed by atoms with Crippen molar-refractivity contribution in [3.05, 3.63) is 29.3 Å². The van der Waals surface area contributed by atoms with Crippen molar-refractivity contribution >= 4 is 5.91 Å². The van der Waals surface area contributed by atoms with Crippen LogP contribution < -0.4 is 5.32 Å². The van der Waals surface area contributed by atoms with E-state index in [0.29, 0.717) is 19.0 Å². The summed E-state index contributed by atoms with van der Waals surface area (Å²) in [7, 11) is 0. The van der Waals surface area contributed by atoms with Gasteiger partial charge in [-0.05, 0) is 42.6 Å². The Morgan fingerprint density at radius 1 is 1.40 bits per heavy atom. The van der Waals surface area contributed by atoms with Gasteiger partial charge in [0.2, 0.25) is 5.91 Å². The van der Waals surface area contributed by atoms with Gasteiger partial charge in [-0.15, -0.1) is 0 Å². The first-order valence-corrected chi connectivity index (χ1v) is 7.38. The number of nitrogens with zero attached hydrogens (tertiary/aromatic N) is 1. The van der Waals surface area contributed by atoms with Gasteiger partial charge in [-0.1, -0.05) is 19.9 Å². The summed E-state index contributed by atoms with van der Waals surface area (Å²) in [6.07, 6.45) is 2.35. The molecule has 0 aliphatic carbocycles. The molecule has 0 atom stereocenters. The Hall–Kier alpha value is -1.55. The molecule has 0 bridgehead atoms. The van der Waals surface area contributed by atoms with E-state index >= 15 is 0 Å². The summed E-state index contributed by atoms with van der Waals surface area (Å²) in [4.78, 5) is 14.1. The molecule has 0 aromatic heterocycles. The van der Waals surface area contributed by atoms with E-state index in [2.05, 4.69) is 19.2 Å². The molecular weight excluding hydrogens is 252 g/mol. The summed E-state index contributed by atoms with van der Waals surface area (Å²) >= 11 is 0. The van der Waals surface area contributed by atoms with Crippen LogP contribution in [0.1, 0.15) is 37.8 Å². The Kier molecular flexibility index (Phi) is 5.01. The third kappa shape index (κ3) is 3.97. The molecule has 0 spiro atoms. The smallest absolute Gasteiger partial charge is 0.222 e. The van der Waals surface area contributed by atoms with Gasteiger partial charge in [0.1, 0.15) is 5.75 Å². The van der Waals surface area contributed by atoms with Crippen molar-refractivity contribution in [3.8, 4) is 5.75 Å². The predicted octanol–water partition coefficient (Wildman–Crippen LogP) is 2.06. The van der Waals surface area contributed by atoms with E-state index in [0.717, 1.165) is 31.5 Å². The first-order chi connectivity index (χ1) is 9.56. The summed E-state index contributed by atoms with van der Waals surface area (Å²) in [5.74, 6) is 0.490. The minimum absolute atomic E-state index is 0.213. The number of hydrogen-bond donors (Lipinski definition) is 2. The van der Waals surface area contributed by atoms with Gasteiger partial charge < -0.3 is 15.3 Å². The normalized spacial score (nSPS) is 14.4. The Bertz CT molecular complexity index is 472. The second-order valence-corrected chi connectivity index (χ2v) is 5.73. The van der Waals surface area contributed by atoms with Crippen molar-refractivity contribution in [2.24, 2.45) is 0 Å². The van der Waals surface area contributed by atoms with Gasteiger partial charge in [0.25, 0.3) is 0 Å². The zero-order chi connectivity index (χ0) is 14.5. The summed E-state index contributed by atoms with van der Waals surface area (Å²) in [5, 5.41) is 12.8. The predicted molar refractivity (Wildman–Crippen MR) is 79.6 cm³/mol. The highest BCUT2D eigenvalue weighted by Gasteiger charge is 2.20. The van der Waals surface area contributed by atoms with Crippen LogP contribution in [0.3, 0.4) is 0 Å². The van der Waals surface area contributed by atoms with Crippen LogP contribution in [0, 0.1) is 0 Å². The lowest BCUT2D eigenvalue weighted by Gasteiger charge is -2.29. The number of fused-ring (bicyclic) bond motifs is 1. The van der Waals surface area contributed by atoms with Crippen molar-refractivity contribution < 1.29 is 9.90 Å². The number of benzene rings is 1. The molecule has 2 rings (SSSR count). The number of carbonyl (C=O) groups excluding carboxylic acids is 1. The number of carbonyl (C=O) groups is 1. The molecule has 0 fully saturated rings. The van der Waals surface area contributed by atoms with Crippen molar-refractivity contribution in [2.45, 2.75) is 45.7 Å². The lowest BCUT2D eigenvalue weighted by molar-refractivity contribution is -0.132. The fourth-order valence-corrected chi connectivity index (χ4v) is 2.54. The maximum atomic E-state index is 12.2. The number of phenolic OH excluding ortho intramolecular Hbond substituents is 1. The quantitative estimate of drug-likeness (QED) is 0.809. The van der Waals surface area contributed by atoms with E-state index < -0.39 is 0 Å². The molecule has 1 aromatic carbocycles. The van der Waals surface area contributed by atoms with Gasteiger partial charge in [0.05, 0.1) is 0 Å². The Balaban J connectivity index is 1.84. The summed E-state index contributed by atoms with van der Waals surface area (Å²) in [6, 6.07) is 5.91. The molecule has 0 saturated carbocycles. The number of hydrogen-bond acceptors (Lipinski definition) is 3. The van der Waals surface area contributed by atoms with Crippen LogP contribution in [0.2, 0.25) is 0 Å². The van der Waals surface area contributed by atoms with Crippen LogP contribution in [-0.2, 0) is 17.8 Å². The van der Waals surface area contributed by atoms with Crippen LogP contribution in [0.25, 0.3) is 0 Å². The van der Waals surface area contributed by atoms with Crippen LogP contribution in [0.15, 0.2) is 18.2 Å². The lowest BCUT2D eigenvalue weighted by atomic mass is 9.99. The minimum atomic E-state index is 0.213. The summed E-state index contributed by atoms with van der Waals surface area (Å²) < 4.78 is 0. The fourth-order valence-electron chi connectivity index (χ4n) is 2.54. The van der Waals surface area contributed by atoms with Crippen molar-refractivity contribution in [2.75, 3.05) is 13.1 Å². The Labute approximate surface area is 120 Å². The largest absolute Gasteiger partial charge is 0.508 e. The van der Waals surface area contributed by atoms with Crippen LogP contribution in [0.4, 0.5) is 0 Å². The van der Waals surface area contributed by atoms with Crippen molar-refractivity contribution in [3.63, 3.8) is 0 Å². The average molecular weight is 276 g/mol. The zero-order valence-corrected chi connectivity index (χ0v) is 12.4. The summed E-state index contributed by atoms with van der Waals surface area (Å²) in [5.41, 5.74) is 2.32. The van der Waals surface area contributed by atoms with Gasteiger partial charge in [0, 0.05) is 25.6 Å². The minimum Gasteiger partial charge on any atom is -0.508 e. The molecule has 4 nitrogen and oxygen atoms in total. The van der Waals surface area contributed by atoms with E-state index in [1.54, 1.807) is 12.1 Å². The Morgan fingerprint density at radius 2 is 2.20 bits per heavy atom. The first kappa shape index (κ1) is 14.9. The van der Waals surface area contributed by atoms with Gasteiger partial charge in [-0.25, -0.2) is 0 Å².